The molecule has 0 amide bonds. The summed E-state index contributed by atoms with van der Waals surface area (Å²) in [7, 11) is 3.25. The van der Waals surface area contributed by atoms with Gasteiger partial charge in [-0.25, -0.2) is 4.68 Å². The fourth-order valence-corrected chi connectivity index (χ4v) is 2.95. The molecule has 1 N–H and O–H groups in total. The van der Waals surface area contributed by atoms with Crippen LogP contribution in [0.5, 0.6) is 11.5 Å². The van der Waals surface area contributed by atoms with E-state index in [0.29, 0.717) is 17.8 Å². The normalized spacial score (nSPS) is 11.5. The third-order valence-electron chi connectivity index (χ3n) is 4.40. The zero-order valence-corrected chi connectivity index (χ0v) is 15.9. The first-order valence-corrected chi connectivity index (χ1v) is 8.64. The Morgan fingerprint density at radius 2 is 1.78 bits per heavy atom. The van der Waals surface area contributed by atoms with Crippen LogP contribution in [0, 0.1) is 6.92 Å². The number of ether oxygens (including phenoxy) is 2. The predicted molar refractivity (Wildman–Crippen MR) is 107 cm³/mol. The minimum Gasteiger partial charge on any atom is -0.497 e. The third-order valence-corrected chi connectivity index (χ3v) is 4.40. The lowest BCUT2D eigenvalue weighted by atomic mass is 10.1. The van der Waals surface area contributed by atoms with Crippen LogP contribution in [0.4, 0.5) is 0 Å². The molecule has 6 nitrogen and oxygen atoms in total. The van der Waals surface area contributed by atoms with Gasteiger partial charge in [0.1, 0.15) is 11.5 Å². The first-order chi connectivity index (χ1) is 13.0. The third kappa shape index (κ3) is 3.95. The van der Waals surface area contributed by atoms with Crippen LogP contribution in [0.25, 0.3) is 5.69 Å². The van der Waals surface area contributed by atoms with Crippen LogP contribution in [-0.2, 0) is 6.54 Å². The number of aliphatic imine (C=N–C) groups is 1. The number of hydrogen-bond acceptors (Lipinski definition) is 4. The molecule has 2 aromatic carbocycles. The monoisotopic (exact) mass is 365 g/mol. The van der Waals surface area contributed by atoms with Crippen LogP contribution in [-0.4, -0.2) is 29.7 Å². The maximum absolute atomic E-state index is 12.9. The highest BCUT2D eigenvalue weighted by Gasteiger charge is 2.15. The van der Waals surface area contributed by atoms with Gasteiger partial charge in [-0.1, -0.05) is 12.1 Å². The SMILES string of the molecule is COc1ccc(-n2[nH]c(C)c(C(C)=NCc3cccc(OC)c3)c2=O)cc1. The number of hydrogen-bond donors (Lipinski definition) is 1. The molecule has 3 aromatic rings. The summed E-state index contributed by atoms with van der Waals surface area (Å²) in [6.07, 6.45) is 0. The summed E-state index contributed by atoms with van der Waals surface area (Å²) in [6.45, 7) is 4.22. The second kappa shape index (κ2) is 7.95. The molecule has 6 heteroatoms. The van der Waals surface area contributed by atoms with E-state index in [2.05, 4.69) is 10.1 Å². The van der Waals surface area contributed by atoms with Gasteiger partial charge in [0.2, 0.25) is 0 Å². The van der Waals surface area contributed by atoms with Crippen LogP contribution in [0.2, 0.25) is 0 Å². The van der Waals surface area contributed by atoms with Crippen LogP contribution in [0.3, 0.4) is 0 Å². The molecule has 0 fully saturated rings. The van der Waals surface area contributed by atoms with E-state index < -0.39 is 0 Å². The Hall–Kier alpha value is -3.28. The molecule has 0 saturated heterocycles. The van der Waals surface area contributed by atoms with Crippen molar-refractivity contribution in [2.75, 3.05) is 14.2 Å². The molecule has 1 heterocycles. The number of methoxy groups -OCH3 is 2. The number of H-pyrrole nitrogens is 1. The van der Waals surface area contributed by atoms with Crippen molar-refractivity contribution in [3.05, 3.63) is 75.7 Å². The Balaban J connectivity index is 1.89. The van der Waals surface area contributed by atoms with Crippen molar-refractivity contribution in [3.8, 4) is 17.2 Å². The Morgan fingerprint density at radius 1 is 1.07 bits per heavy atom. The molecule has 0 saturated carbocycles. The summed E-state index contributed by atoms with van der Waals surface area (Å²) < 4.78 is 11.9. The van der Waals surface area contributed by atoms with E-state index in [4.69, 9.17) is 9.47 Å². The first kappa shape index (κ1) is 18.5. The number of aromatic nitrogens is 2. The number of nitrogens with zero attached hydrogens (tertiary/aromatic N) is 2. The second-order valence-electron chi connectivity index (χ2n) is 6.20. The standard InChI is InChI=1S/C21H23N3O3/c1-14(22-13-16-6-5-7-19(12-16)27-4)20-15(2)23-24(21(20)25)17-8-10-18(26-3)11-9-17/h5-12,23H,13H2,1-4H3. The van der Waals surface area contributed by atoms with Crippen molar-refractivity contribution in [1.82, 2.24) is 9.78 Å². The van der Waals surface area contributed by atoms with E-state index in [1.165, 1.54) is 4.68 Å². The molecular weight excluding hydrogens is 342 g/mol. The highest BCUT2D eigenvalue weighted by Crippen LogP contribution is 2.16. The lowest BCUT2D eigenvalue weighted by molar-refractivity contribution is 0.414. The van der Waals surface area contributed by atoms with E-state index in [1.54, 1.807) is 14.2 Å². The van der Waals surface area contributed by atoms with Gasteiger partial charge in [-0.15, -0.1) is 0 Å². The van der Waals surface area contributed by atoms with Crippen molar-refractivity contribution in [3.63, 3.8) is 0 Å². The largest absolute Gasteiger partial charge is 0.497 e. The molecule has 0 bridgehead atoms. The van der Waals surface area contributed by atoms with Gasteiger partial charge in [0.05, 0.1) is 32.0 Å². The molecule has 0 atom stereocenters. The van der Waals surface area contributed by atoms with Crippen molar-refractivity contribution >= 4 is 5.71 Å². The zero-order valence-electron chi connectivity index (χ0n) is 15.9. The van der Waals surface area contributed by atoms with Crippen molar-refractivity contribution in [1.29, 1.82) is 0 Å². The molecule has 27 heavy (non-hydrogen) atoms. The molecule has 0 aliphatic rings. The molecule has 0 spiro atoms. The first-order valence-electron chi connectivity index (χ1n) is 8.64. The average molecular weight is 365 g/mol. The van der Waals surface area contributed by atoms with Crippen molar-refractivity contribution in [2.24, 2.45) is 4.99 Å². The summed E-state index contributed by atoms with van der Waals surface area (Å²) in [4.78, 5) is 17.5. The number of rotatable bonds is 6. The van der Waals surface area contributed by atoms with Crippen LogP contribution in [0.1, 0.15) is 23.7 Å². The Morgan fingerprint density at radius 3 is 2.44 bits per heavy atom. The maximum Gasteiger partial charge on any atom is 0.280 e. The summed E-state index contributed by atoms with van der Waals surface area (Å²) in [6, 6.07) is 15.1. The number of nitrogens with one attached hydrogen (secondary N) is 1. The smallest absolute Gasteiger partial charge is 0.280 e. The zero-order chi connectivity index (χ0) is 19.4. The van der Waals surface area contributed by atoms with E-state index >= 15 is 0 Å². The van der Waals surface area contributed by atoms with E-state index in [1.807, 2.05) is 62.4 Å². The lowest BCUT2D eigenvalue weighted by Crippen LogP contribution is -2.19. The molecule has 0 unspecified atom stereocenters. The topological polar surface area (TPSA) is 68.6 Å². The van der Waals surface area contributed by atoms with Gasteiger partial charge in [0, 0.05) is 11.4 Å². The number of benzene rings is 2. The maximum atomic E-state index is 12.9. The van der Waals surface area contributed by atoms with E-state index in [-0.39, 0.29) is 5.56 Å². The van der Waals surface area contributed by atoms with E-state index in [0.717, 1.165) is 28.4 Å². The van der Waals surface area contributed by atoms with Crippen molar-refractivity contribution in [2.45, 2.75) is 20.4 Å². The molecule has 1 aromatic heterocycles. The van der Waals surface area contributed by atoms with Gasteiger partial charge in [0.15, 0.2) is 0 Å². The second-order valence-corrected chi connectivity index (χ2v) is 6.20. The fourth-order valence-electron chi connectivity index (χ4n) is 2.95. The van der Waals surface area contributed by atoms with Gasteiger partial charge in [-0.2, -0.15) is 0 Å². The summed E-state index contributed by atoms with van der Waals surface area (Å²) in [5, 5.41) is 3.13. The van der Waals surface area contributed by atoms with Gasteiger partial charge in [-0.3, -0.25) is 14.9 Å². The number of aromatic amines is 1. The molecule has 3 rings (SSSR count). The van der Waals surface area contributed by atoms with Crippen molar-refractivity contribution < 1.29 is 9.47 Å². The molecule has 0 aliphatic heterocycles. The highest BCUT2D eigenvalue weighted by molar-refractivity contribution is 5.99. The minimum atomic E-state index is -0.121. The van der Waals surface area contributed by atoms with Gasteiger partial charge in [-0.05, 0) is 55.8 Å². The summed E-state index contributed by atoms with van der Waals surface area (Å²) in [5.74, 6) is 1.53. The Labute approximate surface area is 158 Å². The fraction of sp³-hybridized carbons (Fsp3) is 0.238. The molecule has 0 radical (unpaired) electrons. The highest BCUT2D eigenvalue weighted by atomic mass is 16.5. The molecule has 0 aliphatic carbocycles. The van der Waals surface area contributed by atoms with Gasteiger partial charge < -0.3 is 9.47 Å². The average Bonchev–Trinajstić information content (AvgIpc) is 3.00. The quantitative estimate of drug-likeness (QED) is 0.680. The minimum absolute atomic E-state index is 0.121. The molecular formula is C21H23N3O3. The van der Waals surface area contributed by atoms with Crippen LogP contribution in [0.15, 0.2) is 58.3 Å². The Bertz CT molecular complexity index is 1010. The lowest BCUT2D eigenvalue weighted by Gasteiger charge is -2.03. The predicted octanol–water partition coefficient (Wildman–Crippen LogP) is 3.50. The molecule has 140 valence electrons. The van der Waals surface area contributed by atoms with Crippen LogP contribution >= 0.6 is 0 Å². The van der Waals surface area contributed by atoms with Gasteiger partial charge >= 0.3 is 0 Å². The summed E-state index contributed by atoms with van der Waals surface area (Å²) in [5.41, 5.74) is 3.72. The van der Waals surface area contributed by atoms with Crippen LogP contribution < -0.4 is 15.0 Å². The summed E-state index contributed by atoms with van der Waals surface area (Å²) >= 11 is 0. The van der Waals surface area contributed by atoms with E-state index in [9.17, 15) is 4.79 Å². The number of aryl methyl sites for hydroxylation is 1. The Kier molecular flexibility index (Phi) is 5.45. The van der Waals surface area contributed by atoms with Gasteiger partial charge in [0.25, 0.3) is 5.56 Å².